The van der Waals surface area contributed by atoms with Crippen LogP contribution in [0.2, 0.25) is 0 Å². The Bertz CT molecular complexity index is 1160. The first-order chi connectivity index (χ1) is 13.6. The van der Waals surface area contributed by atoms with Crippen molar-refractivity contribution in [2.75, 3.05) is 11.5 Å². The normalized spacial score (nSPS) is 11.3. The summed E-state index contributed by atoms with van der Waals surface area (Å²) in [4.78, 5) is 20.4. The third-order valence-electron chi connectivity index (χ3n) is 4.87. The van der Waals surface area contributed by atoms with Gasteiger partial charge in [0.15, 0.2) is 0 Å². The molecule has 2 heterocycles. The second-order valence-corrected chi connectivity index (χ2v) is 6.62. The van der Waals surface area contributed by atoms with Crippen molar-refractivity contribution in [2.45, 2.75) is 25.9 Å². The minimum Gasteiger partial charge on any atom is -0.369 e. The molecule has 0 fully saturated rings. The quantitative estimate of drug-likeness (QED) is 0.174. The van der Waals surface area contributed by atoms with Crippen LogP contribution in [0, 0.1) is 0 Å². The number of aromatic nitrogens is 4. The fourth-order valence-electron chi connectivity index (χ4n) is 3.48. The number of hydrogen-bond donors (Lipinski definition) is 4. The number of anilines is 2. The molecular formula is C19H22N8O. The summed E-state index contributed by atoms with van der Waals surface area (Å²) >= 11 is 0. The Kier molecular flexibility index (Phi) is 4.58. The van der Waals surface area contributed by atoms with Crippen LogP contribution in [0.4, 0.5) is 11.9 Å². The average molecular weight is 378 g/mol. The number of amides is 1. The second kappa shape index (κ2) is 7.20. The average Bonchev–Trinajstić information content (AvgIpc) is 3.19. The van der Waals surface area contributed by atoms with Crippen LogP contribution in [0.15, 0.2) is 42.5 Å². The molecule has 0 aliphatic carbocycles. The zero-order valence-electron chi connectivity index (χ0n) is 15.3. The fourth-order valence-corrected chi connectivity index (χ4v) is 3.48. The second-order valence-electron chi connectivity index (χ2n) is 6.62. The van der Waals surface area contributed by atoms with Gasteiger partial charge in [0.25, 0.3) is 5.91 Å². The Labute approximate surface area is 161 Å². The lowest BCUT2D eigenvalue weighted by atomic mass is 10.2. The van der Waals surface area contributed by atoms with Crippen molar-refractivity contribution in [2.24, 2.45) is 5.84 Å². The van der Waals surface area contributed by atoms with Crippen molar-refractivity contribution in [3.63, 3.8) is 0 Å². The summed E-state index contributed by atoms with van der Waals surface area (Å²) in [5.41, 5.74) is 18.2. The molecule has 0 radical (unpaired) electrons. The number of aryl methyl sites for hydroxylation is 2. The first-order valence-corrected chi connectivity index (χ1v) is 9.06. The third-order valence-corrected chi connectivity index (χ3v) is 4.87. The Hall–Kier alpha value is -3.59. The summed E-state index contributed by atoms with van der Waals surface area (Å²) < 4.78 is 3.98. The maximum absolute atomic E-state index is 11.7. The van der Waals surface area contributed by atoms with Crippen molar-refractivity contribution in [1.29, 1.82) is 0 Å². The van der Waals surface area contributed by atoms with Crippen LogP contribution in [-0.4, -0.2) is 25.0 Å². The molecule has 0 aliphatic rings. The molecule has 28 heavy (non-hydrogen) atoms. The highest BCUT2D eigenvalue weighted by molar-refractivity contribution is 5.97. The van der Waals surface area contributed by atoms with Crippen LogP contribution in [0.1, 0.15) is 23.2 Å². The van der Waals surface area contributed by atoms with Gasteiger partial charge in [-0.15, -0.1) is 0 Å². The van der Waals surface area contributed by atoms with Crippen molar-refractivity contribution in [3.8, 4) is 0 Å². The molecule has 4 rings (SSSR count). The van der Waals surface area contributed by atoms with Crippen LogP contribution < -0.4 is 22.7 Å². The SMILES string of the molecule is NNC(=O)c1ccc2c(c1)nc(N)n2CCCCn1c(N)nc2ccccc21. The van der Waals surface area contributed by atoms with Crippen LogP contribution in [0.5, 0.6) is 0 Å². The molecular weight excluding hydrogens is 356 g/mol. The van der Waals surface area contributed by atoms with E-state index in [1.165, 1.54) is 0 Å². The lowest BCUT2D eigenvalue weighted by molar-refractivity contribution is 0.0954. The predicted molar refractivity (Wildman–Crippen MR) is 109 cm³/mol. The number of carbonyl (C=O) groups excluding carboxylic acids is 1. The molecule has 9 heteroatoms. The molecule has 144 valence electrons. The smallest absolute Gasteiger partial charge is 0.265 e. The van der Waals surface area contributed by atoms with Gasteiger partial charge in [-0.2, -0.15) is 0 Å². The highest BCUT2D eigenvalue weighted by Gasteiger charge is 2.12. The Morgan fingerprint density at radius 3 is 2.18 bits per heavy atom. The van der Waals surface area contributed by atoms with E-state index in [1.807, 2.05) is 39.5 Å². The van der Waals surface area contributed by atoms with Crippen LogP contribution in [0.3, 0.4) is 0 Å². The number of rotatable bonds is 6. The van der Waals surface area contributed by atoms with E-state index < -0.39 is 0 Å². The molecule has 0 saturated carbocycles. The van der Waals surface area contributed by atoms with Gasteiger partial charge in [0.2, 0.25) is 11.9 Å². The molecule has 9 nitrogen and oxygen atoms in total. The molecule has 0 saturated heterocycles. The van der Waals surface area contributed by atoms with Crippen molar-refractivity contribution in [3.05, 3.63) is 48.0 Å². The van der Waals surface area contributed by atoms with Gasteiger partial charge < -0.3 is 20.6 Å². The maximum atomic E-state index is 11.7. The van der Waals surface area contributed by atoms with E-state index in [1.54, 1.807) is 12.1 Å². The molecule has 2 aromatic carbocycles. The standard InChI is InChI=1S/C19H22N8O/c20-18-23-13-5-1-2-6-15(13)26(18)9-3-4-10-27-16-8-7-12(17(28)25-22)11-14(16)24-19(27)21/h1-2,5-8,11H,3-4,9-10,22H2,(H2,20,23)(H2,21,24)(H,25,28). The summed E-state index contributed by atoms with van der Waals surface area (Å²) in [6, 6.07) is 13.1. The maximum Gasteiger partial charge on any atom is 0.265 e. The van der Waals surface area contributed by atoms with Gasteiger partial charge in [-0.05, 0) is 43.2 Å². The number of para-hydroxylation sites is 2. The molecule has 7 N–H and O–H groups in total. The van der Waals surface area contributed by atoms with Crippen LogP contribution in [0.25, 0.3) is 22.1 Å². The summed E-state index contributed by atoms with van der Waals surface area (Å²) in [6.07, 6.45) is 1.81. The van der Waals surface area contributed by atoms with Gasteiger partial charge in [-0.25, -0.2) is 15.8 Å². The van der Waals surface area contributed by atoms with Crippen LogP contribution >= 0.6 is 0 Å². The number of fused-ring (bicyclic) bond motifs is 2. The summed E-state index contributed by atoms with van der Waals surface area (Å²) in [5, 5.41) is 0. The lowest BCUT2D eigenvalue weighted by Gasteiger charge is -2.09. The number of benzene rings is 2. The zero-order chi connectivity index (χ0) is 19.7. The van der Waals surface area contributed by atoms with E-state index >= 15 is 0 Å². The topological polar surface area (TPSA) is 143 Å². The van der Waals surface area contributed by atoms with Gasteiger partial charge in [0.05, 0.1) is 22.1 Å². The first kappa shape index (κ1) is 17.8. The summed E-state index contributed by atoms with van der Waals surface area (Å²) in [5.74, 6) is 5.77. The van der Waals surface area contributed by atoms with Gasteiger partial charge in [0, 0.05) is 18.7 Å². The summed E-state index contributed by atoms with van der Waals surface area (Å²) in [7, 11) is 0. The number of hydrogen-bond acceptors (Lipinski definition) is 6. The summed E-state index contributed by atoms with van der Waals surface area (Å²) in [6.45, 7) is 1.50. The fraction of sp³-hybridized carbons (Fsp3) is 0.211. The molecule has 0 bridgehead atoms. The Morgan fingerprint density at radius 1 is 0.893 bits per heavy atom. The number of nitrogens with one attached hydrogen (secondary N) is 1. The lowest BCUT2D eigenvalue weighted by Crippen LogP contribution is -2.29. The van der Waals surface area contributed by atoms with E-state index in [0.29, 0.717) is 23.0 Å². The van der Waals surface area contributed by atoms with Crippen molar-refractivity contribution >= 4 is 39.9 Å². The first-order valence-electron chi connectivity index (χ1n) is 9.06. The van der Waals surface area contributed by atoms with Gasteiger partial charge in [-0.1, -0.05) is 12.1 Å². The highest BCUT2D eigenvalue weighted by atomic mass is 16.2. The Balaban J connectivity index is 1.46. The van der Waals surface area contributed by atoms with E-state index in [-0.39, 0.29) is 5.91 Å². The Morgan fingerprint density at radius 2 is 1.50 bits per heavy atom. The minimum absolute atomic E-state index is 0.361. The number of carbonyl (C=O) groups is 1. The number of nitrogens with zero attached hydrogens (tertiary/aromatic N) is 4. The number of nitrogens with two attached hydrogens (primary N) is 3. The molecule has 1 amide bonds. The van der Waals surface area contributed by atoms with E-state index in [0.717, 1.165) is 42.5 Å². The number of hydrazine groups is 1. The number of nitrogen functional groups attached to an aromatic ring is 3. The zero-order valence-corrected chi connectivity index (χ0v) is 15.3. The van der Waals surface area contributed by atoms with E-state index in [9.17, 15) is 4.79 Å². The van der Waals surface area contributed by atoms with Gasteiger partial charge in [0.1, 0.15) is 0 Å². The molecule has 0 spiro atoms. The van der Waals surface area contributed by atoms with E-state index in [4.69, 9.17) is 17.3 Å². The van der Waals surface area contributed by atoms with Crippen molar-refractivity contribution < 1.29 is 4.79 Å². The molecule has 0 aliphatic heterocycles. The van der Waals surface area contributed by atoms with Crippen LogP contribution in [-0.2, 0) is 13.1 Å². The van der Waals surface area contributed by atoms with Gasteiger partial charge >= 0.3 is 0 Å². The number of imidazole rings is 2. The molecule has 0 unspecified atom stereocenters. The van der Waals surface area contributed by atoms with Crippen molar-refractivity contribution in [1.82, 2.24) is 24.5 Å². The number of unbranched alkanes of at least 4 members (excludes halogenated alkanes) is 1. The molecule has 4 aromatic rings. The van der Waals surface area contributed by atoms with E-state index in [2.05, 4.69) is 15.4 Å². The molecule has 0 atom stereocenters. The molecule has 2 aromatic heterocycles. The largest absolute Gasteiger partial charge is 0.369 e. The highest BCUT2D eigenvalue weighted by Crippen LogP contribution is 2.21. The monoisotopic (exact) mass is 378 g/mol. The third kappa shape index (κ3) is 3.12. The minimum atomic E-state index is -0.361. The predicted octanol–water partition coefficient (Wildman–Crippen LogP) is 1.63. The van der Waals surface area contributed by atoms with Gasteiger partial charge in [-0.3, -0.25) is 10.2 Å².